The lowest BCUT2D eigenvalue weighted by molar-refractivity contribution is -0.301. The molecule has 3 heterocycles. The van der Waals surface area contributed by atoms with Crippen LogP contribution >= 0.6 is 0 Å². The van der Waals surface area contributed by atoms with Crippen LogP contribution in [0.5, 0.6) is 0 Å². The van der Waals surface area contributed by atoms with Gasteiger partial charge in [-0.2, -0.15) is 0 Å². The molecule has 7 aliphatic rings. The maximum absolute atomic E-state index is 13.9. The molecule has 322 valence electrons. The van der Waals surface area contributed by atoms with E-state index in [2.05, 4.69) is 11.8 Å². The third-order valence-electron chi connectivity index (χ3n) is 16.1. The molecule has 0 aromatic carbocycles. The van der Waals surface area contributed by atoms with E-state index < -0.39 is 130 Å². The topological polar surface area (TPSA) is 239 Å². The van der Waals surface area contributed by atoms with E-state index in [4.69, 9.17) is 23.7 Å². The van der Waals surface area contributed by atoms with Crippen molar-refractivity contribution in [2.45, 2.75) is 172 Å². The van der Waals surface area contributed by atoms with Gasteiger partial charge in [-0.3, -0.25) is 19.3 Å². The van der Waals surface area contributed by atoms with Crippen LogP contribution < -0.4 is 0 Å². The number of aliphatic hydroxyl groups is 6. The second-order valence-corrected chi connectivity index (χ2v) is 19.4. The van der Waals surface area contributed by atoms with Gasteiger partial charge in [0.2, 0.25) is 5.79 Å². The number of carbonyl (C=O) groups is 4. The molecule has 4 aliphatic carbocycles. The van der Waals surface area contributed by atoms with Crippen LogP contribution in [0.1, 0.15) is 101 Å². The second kappa shape index (κ2) is 13.8. The van der Waals surface area contributed by atoms with Crippen molar-refractivity contribution in [2.75, 3.05) is 13.1 Å². The van der Waals surface area contributed by atoms with E-state index in [1.165, 1.54) is 6.92 Å². The van der Waals surface area contributed by atoms with E-state index in [-0.39, 0.29) is 25.3 Å². The zero-order valence-electron chi connectivity index (χ0n) is 34.5. The molecule has 0 radical (unpaired) electrons. The molecule has 16 heteroatoms. The Morgan fingerprint density at radius 1 is 0.930 bits per heavy atom. The molecule has 6 N–H and O–H groups in total. The van der Waals surface area contributed by atoms with Crippen LogP contribution in [-0.2, 0) is 42.9 Å². The largest absolute Gasteiger partial charge is 0.458 e. The lowest BCUT2D eigenvalue weighted by Crippen LogP contribution is -2.78. The summed E-state index contributed by atoms with van der Waals surface area (Å²) in [5.74, 6) is -11.5. The molecule has 3 saturated heterocycles. The van der Waals surface area contributed by atoms with Gasteiger partial charge in [0.1, 0.15) is 17.8 Å². The van der Waals surface area contributed by atoms with Crippen molar-refractivity contribution in [2.24, 2.45) is 46.8 Å². The van der Waals surface area contributed by atoms with Crippen molar-refractivity contribution in [3.05, 3.63) is 0 Å². The molecular formula is C41H63NO15. The first-order valence-electron chi connectivity index (χ1n) is 20.8. The van der Waals surface area contributed by atoms with E-state index in [9.17, 15) is 49.8 Å². The first-order chi connectivity index (χ1) is 26.3. The van der Waals surface area contributed by atoms with Gasteiger partial charge in [0.05, 0.1) is 41.2 Å². The van der Waals surface area contributed by atoms with Crippen LogP contribution in [0.4, 0.5) is 0 Å². The van der Waals surface area contributed by atoms with E-state index >= 15 is 0 Å². The predicted molar refractivity (Wildman–Crippen MR) is 196 cm³/mol. The molecule has 3 aliphatic heterocycles. The Hall–Kier alpha value is -2.44. The SMILES string of the molecule is CCC(C)C(=O)O[C@H]1[C@H](O)C2C(CN3CC(C)CCC3C2(C)O)C2C[C@]34O[C@]5(O)C(OC(=O)C(C)(O)C(C)O)CC[C@@]3(C)C5C(OC(C)=O)C(OC(C)=O)C4[C@@]21O. The van der Waals surface area contributed by atoms with Crippen molar-refractivity contribution in [3.8, 4) is 0 Å². The number of esters is 4. The molecule has 20 atom stereocenters. The highest BCUT2D eigenvalue weighted by Gasteiger charge is 2.90. The quantitative estimate of drug-likeness (QED) is 0.145. The Bertz CT molecular complexity index is 1650. The number of nitrogens with zero attached hydrogens (tertiary/aromatic N) is 1. The van der Waals surface area contributed by atoms with Gasteiger partial charge in [0.25, 0.3) is 0 Å². The molecule has 4 bridgehead atoms. The van der Waals surface area contributed by atoms with Gasteiger partial charge in [-0.05, 0) is 77.0 Å². The number of piperidine rings is 2. The number of carbonyl (C=O) groups excluding carboxylic acids is 4. The summed E-state index contributed by atoms with van der Waals surface area (Å²) >= 11 is 0. The highest BCUT2D eigenvalue weighted by Crippen LogP contribution is 2.78. The van der Waals surface area contributed by atoms with Gasteiger partial charge in [-0.25, -0.2) is 4.79 Å². The molecule has 0 amide bonds. The van der Waals surface area contributed by atoms with Crippen LogP contribution in [-0.4, -0.2) is 143 Å². The van der Waals surface area contributed by atoms with E-state index in [0.717, 1.165) is 27.2 Å². The fraction of sp³-hybridized carbons (Fsp3) is 0.902. The Labute approximate surface area is 333 Å². The molecule has 14 unspecified atom stereocenters. The molecule has 57 heavy (non-hydrogen) atoms. The van der Waals surface area contributed by atoms with Gasteiger partial charge >= 0.3 is 23.9 Å². The number of aliphatic hydroxyl groups excluding tert-OH is 2. The zero-order valence-corrected chi connectivity index (χ0v) is 34.5. The van der Waals surface area contributed by atoms with E-state index in [1.54, 1.807) is 20.8 Å². The number of fused-ring (bicyclic) bond motifs is 5. The van der Waals surface area contributed by atoms with Gasteiger partial charge < -0.3 is 54.3 Å². The van der Waals surface area contributed by atoms with Crippen LogP contribution in [0.2, 0.25) is 0 Å². The van der Waals surface area contributed by atoms with Crippen LogP contribution in [0.25, 0.3) is 0 Å². The highest BCUT2D eigenvalue weighted by atomic mass is 16.7. The molecule has 7 fully saturated rings. The molecule has 0 aromatic rings. The standard InChI is InChI=1S/C41H63NO15/c1-10-19(3)34(47)56-33-28(46)27-23(17-42-16-18(2)11-12-25(42)38(27,9)50)24-15-39-32(40(24,33)51)30(54-22(6)45)29(53-21(5)44)31-36(39,7)14-13-26(41(31,52)57-39)55-35(48)37(8,49)20(4)43/h18-20,23-33,43,46,49-52H,10-17H2,1-9H3/t18?,19?,20?,23?,24?,25?,26?,27?,28-,29?,30?,31?,32?,33+,36+,37?,38?,39-,40+,41-/m1/s1. The molecule has 0 aromatic heterocycles. The van der Waals surface area contributed by atoms with Gasteiger partial charge in [0.15, 0.2) is 17.8 Å². The van der Waals surface area contributed by atoms with Crippen LogP contribution in [0.3, 0.4) is 0 Å². The predicted octanol–water partition coefficient (Wildman–Crippen LogP) is 0.578. The first-order valence-corrected chi connectivity index (χ1v) is 20.8. The third kappa shape index (κ3) is 5.81. The van der Waals surface area contributed by atoms with Crippen molar-refractivity contribution < 1.29 is 73.5 Å². The van der Waals surface area contributed by atoms with Gasteiger partial charge in [-0.15, -0.1) is 0 Å². The van der Waals surface area contributed by atoms with E-state index in [0.29, 0.717) is 31.8 Å². The minimum Gasteiger partial charge on any atom is -0.458 e. The lowest BCUT2D eigenvalue weighted by Gasteiger charge is -2.64. The van der Waals surface area contributed by atoms with Gasteiger partial charge in [0, 0.05) is 44.3 Å². The minimum absolute atomic E-state index is 0.0170. The summed E-state index contributed by atoms with van der Waals surface area (Å²) in [7, 11) is 0. The average molecular weight is 810 g/mol. The Kier molecular flexibility index (Phi) is 10.3. The molecule has 4 saturated carbocycles. The fourth-order valence-electron chi connectivity index (χ4n) is 13.1. The smallest absolute Gasteiger partial charge is 0.341 e. The average Bonchev–Trinajstić information content (AvgIpc) is 3.40. The number of hydrogen-bond donors (Lipinski definition) is 6. The number of rotatable bonds is 8. The summed E-state index contributed by atoms with van der Waals surface area (Å²) in [6, 6.07) is -0.329. The summed E-state index contributed by atoms with van der Waals surface area (Å²) in [6.45, 7) is 14.7. The van der Waals surface area contributed by atoms with Crippen LogP contribution in [0, 0.1) is 46.8 Å². The third-order valence-corrected chi connectivity index (χ3v) is 16.1. The fourth-order valence-corrected chi connectivity index (χ4v) is 13.1. The molecule has 1 spiro atoms. The minimum atomic E-state index is -2.47. The Morgan fingerprint density at radius 2 is 1.54 bits per heavy atom. The summed E-state index contributed by atoms with van der Waals surface area (Å²) in [4.78, 5) is 55.6. The van der Waals surface area contributed by atoms with Crippen molar-refractivity contribution in [1.29, 1.82) is 0 Å². The zero-order chi connectivity index (χ0) is 42.2. The molecular weight excluding hydrogens is 746 g/mol. The van der Waals surface area contributed by atoms with E-state index in [1.807, 2.05) is 6.92 Å². The Morgan fingerprint density at radius 3 is 2.12 bits per heavy atom. The summed E-state index contributed by atoms with van der Waals surface area (Å²) < 4.78 is 31.1. The maximum Gasteiger partial charge on any atom is 0.341 e. The lowest BCUT2D eigenvalue weighted by atomic mass is 9.48. The van der Waals surface area contributed by atoms with Gasteiger partial charge in [-0.1, -0.05) is 27.7 Å². The summed E-state index contributed by atoms with van der Waals surface area (Å²) in [6.07, 6.45) is -7.41. The van der Waals surface area contributed by atoms with Crippen molar-refractivity contribution in [1.82, 2.24) is 4.90 Å². The molecule has 16 nitrogen and oxygen atoms in total. The molecule has 7 rings (SSSR count). The monoisotopic (exact) mass is 809 g/mol. The summed E-state index contributed by atoms with van der Waals surface area (Å²) in [5.41, 5.74) is -9.03. The van der Waals surface area contributed by atoms with Crippen molar-refractivity contribution in [3.63, 3.8) is 0 Å². The first kappa shape index (κ1) is 42.7. The Balaban J connectivity index is 1.45. The number of ether oxygens (including phenoxy) is 5. The van der Waals surface area contributed by atoms with Crippen molar-refractivity contribution >= 4 is 23.9 Å². The maximum atomic E-state index is 13.9. The van der Waals surface area contributed by atoms with Crippen LogP contribution in [0.15, 0.2) is 0 Å². The second-order valence-electron chi connectivity index (χ2n) is 19.4. The summed E-state index contributed by atoms with van der Waals surface area (Å²) in [5, 5.41) is 73.2. The highest BCUT2D eigenvalue weighted by molar-refractivity contribution is 5.79. The normalized spacial score (nSPS) is 50.4. The number of hydrogen-bond acceptors (Lipinski definition) is 16.